The molecule has 0 N–H and O–H groups in total. The lowest BCUT2D eigenvalue weighted by atomic mass is 9.78. The van der Waals surface area contributed by atoms with E-state index in [0.29, 0.717) is 5.92 Å². The van der Waals surface area contributed by atoms with Crippen LogP contribution < -0.4 is 5.46 Å². The van der Waals surface area contributed by atoms with Gasteiger partial charge in [0.2, 0.25) is 0 Å². The molecule has 0 atom stereocenters. The highest BCUT2D eigenvalue weighted by molar-refractivity contribution is 6.62. The van der Waals surface area contributed by atoms with Crippen LogP contribution in [-0.4, -0.2) is 23.3 Å². The molecule has 1 aliphatic heterocycles. The quantitative estimate of drug-likeness (QED) is 0.776. The largest absolute Gasteiger partial charge is 0.496 e. The van der Waals surface area contributed by atoms with Crippen molar-refractivity contribution >= 4 is 12.6 Å². The van der Waals surface area contributed by atoms with E-state index in [9.17, 15) is 0 Å². The van der Waals surface area contributed by atoms with Crippen LogP contribution in [0.2, 0.25) is 0 Å². The van der Waals surface area contributed by atoms with Gasteiger partial charge < -0.3 is 9.31 Å². The summed E-state index contributed by atoms with van der Waals surface area (Å²) in [6, 6.07) is 4.23. The standard InChI is InChI=1S/C15H22BNO2.CH4/c1-14(2)15(3,4)19-16(18-14)12-8-9-13(17-10-12)11-6-5-7-11;/h8-11H,5-7H2,1-4H3;1H4. The van der Waals surface area contributed by atoms with E-state index in [1.54, 1.807) is 0 Å². The van der Waals surface area contributed by atoms with Gasteiger partial charge in [-0.25, -0.2) is 0 Å². The van der Waals surface area contributed by atoms with Crippen LogP contribution >= 0.6 is 0 Å². The molecule has 1 aromatic rings. The van der Waals surface area contributed by atoms with Crippen molar-refractivity contribution in [3.8, 4) is 0 Å². The Hall–Kier alpha value is -0.865. The highest BCUT2D eigenvalue weighted by atomic mass is 16.7. The Kier molecular flexibility index (Phi) is 4.00. The van der Waals surface area contributed by atoms with E-state index in [1.165, 1.54) is 25.0 Å². The van der Waals surface area contributed by atoms with Gasteiger partial charge in [0.15, 0.2) is 0 Å². The van der Waals surface area contributed by atoms with E-state index >= 15 is 0 Å². The van der Waals surface area contributed by atoms with E-state index in [2.05, 4.69) is 44.8 Å². The van der Waals surface area contributed by atoms with Gasteiger partial charge in [-0.1, -0.05) is 19.9 Å². The van der Waals surface area contributed by atoms with Crippen molar-refractivity contribution < 1.29 is 9.31 Å². The highest BCUT2D eigenvalue weighted by Gasteiger charge is 2.51. The molecule has 0 bridgehead atoms. The minimum atomic E-state index is -0.298. The summed E-state index contributed by atoms with van der Waals surface area (Å²) in [4.78, 5) is 4.58. The third-order valence-electron chi connectivity index (χ3n) is 4.86. The van der Waals surface area contributed by atoms with Gasteiger partial charge in [-0.15, -0.1) is 0 Å². The number of rotatable bonds is 2. The van der Waals surface area contributed by atoms with Gasteiger partial charge in [-0.3, -0.25) is 4.98 Å². The number of pyridine rings is 1. The third kappa shape index (κ3) is 2.51. The lowest BCUT2D eigenvalue weighted by molar-refractivity contribution is 0.00578. The molecule has 0 radical (unpaired) electrons. The van der Waals surface area contributed by atoms with Crippen LogP contribution in [0, 0.1) is 0 Å². The fourth-order valence-corrected chi connectivity index (χ4v) is 2.48. The number of nitrogens with zero attached hydrogens (tertiary/aromatic N) is 1. The van der Waals surface area contributed by atoms with Crippen molar-refractivity contribution in [2.24, 2.45) is 0 Å². The molecule has 2 heterocycles. The van der Waals surface area contributed by atoms with Crippen LogP contribution in [0.3, 0.4) is 0 Å². The fourth-order valence-electron chi connectivity index (χ4n) is 2.48. The van der Waals surface area contributed by atoms with Gasteiger partial charge in [0, 0.05) is 23.3 Å². The van der Waals surface area contributed by atoms with Gasteiger partial charge in [0.25, 0.3) is 0 Å². The van der Waals surface area contributed by atoms with Crippen LogP contribution in [0.1, 0.15) is 66.0 Å². The molecule has 2 fully saturated rings. The molecule has 2 aliphatic rings. The minimum Gasteiger partial charge on any atom is -0.399 e. The second-order valence-electron chi connectivity index (χ2n) is 6.73. The summed E-state index contributed by atoms with van der Waals surface area (Å²) in [7, 11) is -0.298. The van der Waals surface area contributed by atoms with E-state index in [1.807, 2.05) is 6.20 Å². The predicted molar refractivity (Wildman–Crippen MR) is 83.3 cm³/mol. The van der Waals surface area contributed by atoms with Crippen LogP contribution in [0.15, 0.2) is 18.3 Å². The topological polar surface area (TPSA) is 31.4 Å². The molecule has 110 valence electrons. The molecule has 0 amide bonds. The normalized spacial score (nSPS) is 24.1. The van der Waals surface area contributed by atoms with Crippen LogP contribution in [0.25, 0.3) is 0 Å². The Morgan fingerprint density at radius 3 is 2.10 bits per heavy atom. The smallest absolute Gasteiger partial charge is 0.399 e. The molecule has 1 aliphatic carbocycles. The van der Waals surface area contributed by atoms with Gasteiger partial charge in [-0.05, 0) is 46.6 Å². The zero-order valence-corrected chi connectivity index (χ0v) is 12.3. The number of hydrogen-bond acceptors (Lipinski definition) is 3. The summed E-state index contributed by atoms with van der Waals surface area (Å²) in [6.07, 6.45) is 5.81. The average molecular weight is 275 g/mol. The lowest BCUT2D eigenvalue weighted by Crippen LogP contribution is -2.41. The first-order valence-electron chi connectivity index (χ1n) is 7.20. The van der Waals surface area contributed by atoms with Crippen LogP contribution in [-0.2, 0) is 9.31 Å². The predicted octanol–water partition coefficient (Wildman–Crippen LogP) is 3.28. The van der Waals surface area contributed by atoms with Crippen molar-refractivity contribution in [3.05, 3.63) is 24.0 Å². The molecule has 0 unspecified atom stereocenters. The maximum absolute atomic E-state index is 6.03. The van der Waals surface area contributed by atoms with E-state index in [4.69, 9.17) is 9.31 Å². The summed E-state index contributed by atoms with van der Waals surface area (Å²) in [5.41, 5.74) is 1.66. The second-order valence-corrected chi connectivity index (χ2v) is 6.73. The highest BCUT2D eigenvalue weighted by Crippen LogP contribution is 2.37. The molecule has 1 saturated carbocycles. The van der Waals surface area contributed by atoms with Gasteiger partial charge in [-0.2, -0.15) is 0 Å². The maximum Gasteiger partial charge on any atom is 0.496 e. The van der Waals surface area contributed by atoms with Crippen molar-refractivity contribution in [1.29, 1.82) is 0 Å². The third-order valence-corrected chi connectivity index (χ3v) is 4.86. The van der Waals surface area contributed by atoms with Gasteiger partial charge in [0.1, 0.15) is 0 Å². The molecule has 3 rings (SSSR count). The Morgan fingerprint density at radius 1 is 1.10 bits per heavy atom. The second kappa shape index (κ2) is 5.16. The Bertz CT molecular complexity index is 450. The van der Waals surface area contributed by atoms with E-state index in [-0.39, 0.29) is 25.7 Å². The first-order valence-corrected chi connectivity index (χ1v) is 7.20. The zero-order valence-electron chi connectivity index (χ0n) is 12.3. The summed E-state index contributed by atoms with van der Waals surface area (Å²) in [5, 5.41) is 0. The summed E-state index contributed by atoms with van der Waals surface area (Å²) in [5.74, 6) is 0.673. The van der Waals surface area contributed by atoms with Gasteiger partial charge >= 0.3 is 7.12 Å². The van der Waals surface area contributed by atoms with E-state index < -0.39 is 0 Å². The number of aromatic nitrogens is 1. The molecular weight excluding hydrogens is 249 g/mol. The Labute approximate surface area is 123 Å². The molecule has 20 heavy (non-hydrogen) atoms. The molecule has 3 nitrogen and oxygen atoms in total. The molecule has 4 heteroatoms. The fraction of sp³-hybridized carbons (Fsp3) is 0.688. The summed E-state index contributed by atoms with van der Waals surface area (Å²) < 4.78 is 12.1. The zero-order chi connectivity index (χ0) is 13.7. The molecule has 0 aromatic carbocycles. The van der Waals surface area contributed by atoms with E-state index in [0.717, 1.165) is 5.46 Å². The lowest BCUT2D eigenvalue weighted by Gasteiger charge is -2.32. The molecule has 1 aromatic heterocycles. The SMILES string of the molecule is C.CC1(C)OB(c2ccc(C3CCC3)nc2)OC1(C)C. The van der Waals surface area contributed by atoms with Crippen molar-refractivity contribution in [1.82, 2.24) is 4.98 Å². The average Bonchev–Trinajstić information content (AvgIpc) is 2.47. The first kappa shape index (κ1) is 15.5. The monoisotopic (exact) mass is 275 g/mol. The van der Waals surface area contributed by atoms with Crippen LogP contribution in [0.5, 0.6) is 0 Å². The molecular formula is C16H26BNO2. The first-order chi connectivity index (χ1) is 8.89. The molecule has 1 saturated heterocycles. The van der Waals surface area contributed by atoms with Gasteiger partial charge in [0.05, 0.1) is 11.2 Å². The Morgan fingerprint density at radius 2 is 1.70 bits per heavy atom. The maximum atomic E-state index is 6.03. The van der Waals surface area contributed by atoms with Crippen molar-refractivity contribution in [3.63, 3.8) is 0 Å². The van der Waals surface area contributed by atoms with Crippen LogP contribution in [0.4, 0.5) is 0 Å². The molecule has 0 spiro atoms. The van der Waals surface area contributed by atoms with Crippen molar-refractivity contribution in [2.45, 2.75) is 71.5 Å². The van der Waals surface area contributed by atoms with Crippen molar-refractivity contribution in [2.75, 3.05) is 0 Å². The summed E-state index contributed by atoms with van der Waals surface area (Å²) >= 11 is 0. The number of hydrogen-bond donors (Lipinski definition) is 0. The Balaban J connectivity index is 0.00000147. The summed E-state index contributed by atoms with van der Waals surface area (Å²) in [6.45, 7) is 8.29. The minimum absolute atomic E-state index is 0.